The van der Waals surface area contributed by atoms with Crippen LogP contribution >= 0.6 is 0 Å². The van der Waals surface area contributed by atoms with Crippen molar-refractivity contribution < 1.29 is 9.53 Å². The van der Waals surface area contributed by atoms with Crippen molar-refractivity contribution in [3.63, 3.8) is 0 Å². The molecule has 0 bridgehead atoms. The number of nitrogens with zero attached hydrogens (tertiary/aromatic N) is 2. The van der Waals surface area contributed by atoms with Crippen LogP contribution in [-0.2, 0) is 9.53 Å². The van der Waals surface area contributed by atoms with Gasteiger partial charge in [-0.25, -0.2) is 0 Å². The van der Waals surface area contributed by atoms with Crippen LogP contribution in [0.1, 0.15) is 83.2 Å². The first-order valence-electron chi connectivity index (χ1n) is 11.4. The minimum atomic E-state index is 0.0744. The van der Waals surface area contributed by atoms with Crippen LogP contribution < -0.4 is 0 Å². The molecule has 2 fully saturated rings. The zero-order valence-corrected chi connectivity index (χ0v) is 18.1. The number of ether oxygens (including phenoxy) is 1. The number of terminal acetylenes is 1. The highest BCUT2D eigenvalue weighted by Crippen LogP contribution is 2.35. The summed E-state index contributed by atoms with van der Waals surface area (Å²) in [6.45, 7) is 6.08. The van der Waals surface area contributed by atoms with Crippen molar-refractivity contribution in [3.8, 4) is 12.3 Å². The lowest BCUT2D eigenvalue weighted by Crippen LogP contribution is -2.50. The smallest absolute Gasteiger partial charge is 0.222 e. The molecule has 5 nitrogen and oxygen atoms in total. The van der Waals surface area contributed by atoms with Crippen molar-refractivity contribution >= 4 is 5.91 Å². The number of hydrogen-bond acceptors (Lipinski definition) is 3. The van der Waals surface area contributed by atoms with Crippen LogP contribution in [0.5, 0.6) is 0 Å². The Balaban J connectivity index is 1.63. The molecule has 1 aromatic rings. The predicted octanol–water partition coefficient (Wildman–Crippen LogP) is 4.52. The van der Waals surface area contributed by atoms with E-state index in [1.807, 2.05) is 6.07 Å². The Morgan fingerprint density at radius 1 is 1.34 bits per heavy atom. The molecule has 0 aromatic carbocycles. The number of piperidine rings is 1. The molecule has 2 aliphatic rings. The maximum absolute atomic E-state index is 12.9. The number of H-pyrrole nitrogens is 1. The number of amides is 1. The highest BCUT2D eigenvalue weighted by atomic mass is 16.5. The molecule has 29 heavy (non-hydrogen) atoms. The fourth-order valence-electron chi connectivity index (χ4n) is 5.05. The van der Waals surface area contributed by atoms with Gasteiger partial charge in [-0.2, -0.15) is 5.10 Å². The highest BCUT2D eigenvalue weighted by Gasteiger charge is 2.36. The molecule has 1 aromatic heterocycles. The molecule has 160 valence electrons. The van der Waals surface area contributed by atoms with E-state index in [4.69, 9.17) is 11.2 Å². The molecule has 0 spiro atoms. The number of carbonyl (C=O) groups excluding carboxylic acids is 1. The summed E-state index contributed by atoms with van der Waals surface area (Å²) in [7, 11) is 0. The van der Waals surface area contributed by atoms with E-state index in [9.17, 15) is 4.79 Å². The summed E-state index contributed by atoms with van der Waals surface area (Å²) in [4.78, 5) is 15.0. The maximum atomic E-state index is 12.9. The van der Waals surface area contributed by atoms with Gasteiger partial charge in [0.05, 0.1) is 18.8 Å². The Bertz CT molecular complexity index is 656. The van der Waals surface area contributed by atoms with Gasteiger partial charge in [-0.05, 0) is 62.8 Å². The van der Waals surface area contributed by atoms with E-state index in [1.54, 1.807) is 6.20 Å². The molecule has 5 heteroatoms. The number of carbonyl (C=O) groups is 1. The summed E-state index contributed by atoms with van der Waals surface area (Å²) in [6.07, 6.45) is 16.3. The van der Waals surface area contributed by atoms with Crippen LogP contribution in [-0.4, -0.2) is 46.3 Å². The first-order valence-corrected chi connectivity index (χ1v) is 11.4. The number of rotatable bonds is 8. The van der Waals surface area contributed by atoms with Gasteiger partial charge in [-0.1, -0.05) is 13.8 Å². The summed E-state index contributed by atoms with van der Waals surface area (Å²) >= 11 is 0. The van der Waals surface area contributed by atoms with Crippen LogP contribution in [0.3, 0.4) is 0 Å². The zero-order chi connectivity index (χ0) is 20.6. The number of unbranched alkanes of at least 4 members (excludes halogenated alkanes) is 1. The monoisotopic (exact) mass is 399 g/mol. The van der Waals surface area contributed by atoms with E-state index in [2.05, 4.69) is 34.9 Å². The van der Waals surface area contributed by atoms with Gasteiger partial charge in [0.2, 0.25) is 5.91 Å². The van der Waals surface area contributed by atoms with E-state index >= 15 is 0 Å². The minimum absolute atomic E-state index is 0.0744. The Morgan fingerprint density at radius 2 is 2.14 bits per heavy atom. The summed E-state index contributed by atoms with van der Waals surface area (Å²) in [6, 6.07) is 2.11. The fraction of sp³-hybridized carbons (Fsp3) is 0.750. The summed E-state index contributed by atoms with van der Waals surface area (Å²) in [5.74, 6) is 4.70. The highest BCUT2D eigenvalue weighted by molar-refractivity contribution is 5.76. The van der Waals surface area contributed by atoms with Crippen LogP contribution in [0.25, 0.3) is 0 Å². The van der Waals surface area contributed by atoms with Crippen molar-refractivity contribution in [3.05, 3.63) is 18.0 Å². The first kappa shape index (κ1) is 21.9. The van der Waals surface area contributed by atoms with E-state index in [0.717, 1.165) is 56.2 Å². The molecule has 1 amide bonds. The largest absolute Gasteiger partial charge is 0.376 e. The normalized spacial score (nSPS) is 27.7. The van der Waals surface area contributed by atoms with Gasteiger partial charge in [-0.3, -0.25) is 9.89 Å². The van der Waals surface area contributed by atoms with E-state index in [1.165, 1.54) is 12.8 Å². The molecule has 1 saturated carbocycles. The maximum Gasteiger partial charge on any atom is 0.222 e. The molecule has 2 heterocycles. The summed E-state index contributed by atoms with van der Waals surface area (Å²) in [5, 5.41) is 7.28. The number of aromatic nitrogens is 2. The van der Waals surface area contributed by atoms with Gasteiger partial charge in [-0.15, -0.1) is 12.3 Å². The van der Waals surface area contributed by atoms with Crippen LogP contribution in [0.4, 0.5) is 0 Å². The fourth-order valence-corrected chi connectivity index (χ4v) is 5.05. The lowest BCUT2D eigenvalue weighted by Gasteiger charge is -2.42. The second-order valence-electron chi connectivity index (χ2n) is 9.09. The second-order valence-corrected chi connectivity index (χ2v) is 9.09. The zero-order valence-electron chi connectivity index (χ0n) is 18.1. The quantitative estimate of drug-likeness (QED) is 0.516. The Kier molecular flexibility index (Phi) is 8.18. The van der Waals surface area contributed by atoms with E-state index < -0.39 is 0 Å². The molecular weight excluding hydrogens is 362 g/mol. The topological polar surface area (TPSA) is 58.2 Å². The lowest BCUT2D eigenvalue weighted by molar-refractivity contribution is -0.138. The molecule has 1 saturated heterocycles. The average Bonchev–Trinajstić information content (AvgIpc) is 3.27. The Morgan fingerprint density at radius 3 is 2.79 bits per heavy atom. The molecular formula is C24H37N3O2. The molecule has 0 unspecified atom stereocenters. The second kappa shape index (κ2) is 10.8. The molecule has 2 atom stereocenters. The van der Waals surface area contributed by atoms with E-state index in [0.29, 0.717) is 25.6 Å². The number of likely N-dealkylation sites (tertiary alicyclic amines) is 1. The number of nitrogens with one attached hydrogen (secondary N) is 1. The molecule has 1 aliphatic carbocycles. The number of aromatic amines is 1. The molecule has 1 N–H and O–H groups in total. The number of hydrogen-bond donors (Lipinski definition) is 1. The van der Waals surface area contributed by atoms with Gasteiger partial charge >= 0.3 is 0 Å². The summed E-state index contributed by atoms with van der Waals surface area (Å²) in [5.41, 5.74) is 1.11. The van der Waals surface area contributed by atoms with Crippen molar-refractivity contribution in [1.29, 1.82) is 0 Å². The Labute approximate surface area is 176 Å². The van der Waals surface area contributed by atoms with Gasteiger partial charge in [0.25, 0.3) is 0 Å². The van der Waals surface area contributed by atoms with Crippen molar-refractivity contribution in [2.75, 3.05) is 13.2 Å². The lowest BCUT2D eigenvalue weighted by atomic mass is 9.80. The predicted molar refractivity (Wildman–Crippen MR) is 115 cm³/mol. The van der Waals surface area contributed by atoms with Gasteiger partial charge in [0.15, 0.2) is 0 Å². The third-order valence-corrected chi connectivity index (χ3v) is 6.90. The van der Waals surface area contributed by atoms with Crippen molar-refractivity contribution in [1.82, 2.24) is 15.1 Å². The SMILES string of the molecule is C#CCCCC(=O)N1CCC[C@H](c2ccn[nH]2)[C@@H]1COC1CCC(C(C)C)CC1. The van der Waals surface area contributed by atoms with Crippen LogP contribution in [0.15, 0.2) is 12.3 Å². The average molecular weight is 400 g/mol. The third-order valence-electron chi connectivity index (χ3n) is 6.90. The summed E-state index contributed by atoms with van der Waals surface area (Å²) < 4.78 is 6.42. The van der Waals surface area contributed by atoms with Crippen molar-refractivity contribution in [2.45, 2.75) is 89.7 Å². The van der Waals surface area contributed by atoms with Crippen LogP contribution in [0, 0.1) is 24.2 Å². The minimum Gasteiger partial charge on any atom is -0.376 e. The van der Waals surface area contributed by atoms with Gasteiger partial charge < -0.3 is 9.64 Å². The van der Waals surface area contributed by atoms with Gasteiger partial charge in [0, 0.05) is 37.2 Å². The molecule has 1 aliphatic heterocycles. The van der Waals surface area contributed by atoms with Crippen molar-refractivity contribution in [2.24, 2.45) is 11.8 Å². The Hall–Kier alpha value is -1.80. The van der Waals surface area contributed by atoms with E-state index in [-0.39, 0.29) is 17.9 Å². The first-order chi connectivity index (χ1) is 14.1. The molecule has 3 rings (SSSR count). The molecule has 0 radical (unpaired) electrons. The third kappa shape index (κ3) is 5.85. The van der Waals surface area contributed by atoms with Gasteiger partial charge in [0.1, 0.15) is 0 Å². The van der Waals surface area contributed by atoms with Crippen LogP contribution in [0.2, 0.25) is 0 Å². The standard InChI is InChI=1S/C24H37N3O2/c1-4-5-6-9-24(28)27-16-7-8-21(22-14-15-25-26-22)23(27)17-29-20-12-10-19(11-13-20)18(2)3/h1,14-15,18-21,23H,5-13,16-17H2,2-3H3,(H,25,26)/t19?,20?,21-,23+/m1/s1.